The first-order valence-corrected chi connectivity index (χ1v) is 5.41. The van der Waals surface area contributed by atoms with Crippen LogP contribution >= 0.6 is 15.9 Å². The molecule has 0 aliphatic rings. The highest BCUT2D eigenvalue weighted by molar-refractivity contribution is 9.10. The largest absolute Gasteiger partial charge is 0.489 e. The van der Waals surface area contributed by atoms with Crippen molar-refractivity contribution >= 4 is 15.9 Å². The molecule has 1 heterocycles. The number of hydrogen-bond acceptors (Lipinski definition) is 2. The molecule has 0 amide bonds. The molecule has 0 N–H and O–H groups in total. The number of nitrogens with zero attached hydrogens (tertiary/aromatic N) is 1. The fourth-order valence-electron chi connectivity index (χ4n) is 1.23. The van der Waals surface area contributed by atoms with Gasteiger partial charge in [-0.15, -0.1) is 0 Å². The van der Waals surface area contributed by atoms with Crippen molar-refractivity contribution in [2.24, 2.45) is 0 Å². The monoisotopic (exact) mass is 263 g/mol. The minimum atomic E-state index is 0.573. The molecular weight excluding hydrogens is 254 g/mol. The Morgan fingerprint density at radius 1 is 1.13 bits per heavy atom. The molecule has 0 aliphatic heterocycles. The van der Waals surface area contributed by atoms with Gasteiger partial charge in [0.2, 0.25) is 0 Å². The quantitative estimate of drug-likeness (QED) is 0.847. The molecule has 1 aromatic carbocycles. The summed E-state index contributed by atoms with van der Waals surface area (Å²) >= 11 is 3.42. The Morgan fingerprint density at radius 2 is 1.93 bits per heavy atom. The Hall–Kier alpha value is -1.35. The third-order valence-electron chi connectivity index (χ3n) is 1.94. The second-order valence-corrected chi connectivity index (χ2v) is 4.02. The maximum absolute atomic E-state index is 5.59. The fourth-order valence-corrected chi connectivity index (χ4v) is 1.67. The Bertz CT molecular complexity index is 431. The van der Waals surface area contributed by atoms with Gasteiger partial charge in [-0.1, -0.05) is 28.1 Å². The summed E-state index contributed by atoms with van der Waals surface area (Å²) < 4.78 is 6.65. The molecule has 0 fully saturated rings. The van der Waals surface area contributed by atoms with Crippen molar-refractivity contribution < 1.29 is 4.74 Å². The van der Waals surface area contributed by atoms with Gasteiger partial charge in [0.25, 0.3) is 0 Å². The van der Waals surface area contributed by atoms with Gasteiger partial charge in [-0.05, 0) is 29.8 Å². The number of halogens is 1. The number of pyridine rings is 1. The lowest BCUT2D eigenvalue weighted by molar-refractivity contribution is 0.306. The van der Waals surface area contributed by atoms with Crippen molar-refractivity contribution in [1.82, 2.24) is 4.98 Å². The molecule has 76 valence electrons. The summed E-state index contributed by atoms with van der Waals surface area (Å²) in [4.78, 5) is 3.93. The van der Waals surface area contributed by atoms with Gasteiger partial charge in [0.15, 0.2) is 0 Å². The highest BCUT2D eigenvalue weighted by Crippen LogP contribution is 2.14. The maximum Gasteiger partial charge on any atom is 0.122 e. The molecule has 15 heavy (non-hydrogen) atoms. The summed E-state index contributed by atoms with van der Waals surface area (Å²) in [7, 11) is 0. The van der Waals surface area contributed by atoms with Crippen LogP contribution in [0.15, 0.2) is 53.3 Å². The van der Waals surface area contributed by atoms with E-state index in [2.05, 4.69) is 20.9 Å². The third-order valence-corrected chi connectivity index (χ3v) is 2.44. The van der Waals surface area contributed by atoms with Gasteiger partial charge in [-0.2, -0.15) is 0 Å². The fraction of sp³-hybridized carbons (Fsp3) is 0.0833. The van der Waals surface area contributed by atoms with Crippen molar-refractivity contribution in [3.8, 4) is 5.75 Å². The van der Waals surface area contributed by atoms with Gasteiger partial charge < -0.3 is 4.74 Å². The zero-order chi connectivity index (χ0) is 10.5. The molecule has 0 unspecified atom stereocenters. The van der Waals surface area contributed by atoms with Crippen LogP contribution < -0.4 is 4.74 Å². The SMILES string of the molecule is Brc1cccc(COc2ccncc2)c1. The van der Waals surface area contributed by atoms with Crippen molar-refractivity contribution in [2.45, 2.75) is 6.61 Å². The normalized spacial score (nSPS) is 9.93. The molecule has 0 bridgehead atoms. The molecule has 2 nitrogen and oxygen atoms in total. The van der Waals surface area contributed by atoms with Crippen LogP contribution in [0, 0.1) is 0 Å². The first-order chi connectivity index (χ1) is 7.34. The van der Waals surface area contributed by atoms with E-state index in [1.54, 1.807) is 12.4 Å². The average molecular weight is 264 g/mol. The van der Waals surface area contributed by atoms with E-state index in [1.165, 1.54) is 0 Å². The topological polar surface area (TPSA) is 22.1 Å². The Labute approximate surface area is 97.1 Å². The van der Waals surface area contributed by atoms with Crippen molar-refractivity contribution in [3.63, 3.8) is 0 Å². The molecule has 0 saturated carbocycles. The van der Waals surface area contributed by atoms with Crippen LogP contribution in [0.1, 0.15) is 5.56 Å². The zero-order valence-electron chi connectivity index (χ0n) is 8.06. The smallest absolute Gasteiger partial charge is 0.122 e. The van der Waals surface area contributed by atoms with Gasteiger partial charge in [0.05, 0.1) is 0 Å². The molecule has 3 heteroatoms. The van der Waals surface area contributed by atoms with Crippen LogP contribution in [0.3, 0.4) is 0 Å². The lowest BCUT2D eigenvalue weighted by Crippen LogP contribution is -1.94. The molecule has 0 saturated heterocycles. The summed E-state index contributed by atoms with van der Waals surface area (Å²) in [5, 5.41) is 0. The van der Waals surface area contributed by atoms with Crippen LogP contribution in [-0.2, 0) is 6.61 Å². The van der Waals surface area contributed by atoms with E-state index in [0.717, 1.165) is 15.8 Å². The summed E-state index contributed by atoms with van der Waals surface area (Å²) in [6.45, 7) is 0.573. The van der Waals surface area contributed by atoms with Gasteiger partial charge in [0, 0.05) is 16.9 Å². The first kappa shape index (κ1) is 10.2. The molecule has 0 radical (unpaired) electrons. The van der Waals surface area contributed by atoms with Crippen LogP contribution in [0.4, 0.5) is 0 Å². The summed E-state index contributed by atoms with van der Waals surface area (Å²) in [6, 6.07) is 11.8. The lowest BCUT2D eigenvalue weighted by Gasteiger charge is -2.05. The van der Waals surface area contributed by atoms with Crippen molar-refractivity contribution in [1.29, 1.82) is 0 Å². The van der Waals surface area contributed by atoms with Crippen LogP contribution in [0.2, 0.25) is 0 Å². The Morgan fingerprint density at radius 3 is 2.67 bits per heavy atom. The van der Waals surface area contributed by atoms with E-state index >= 15 is 0 Å². The van der Waals surface area contributed by atoms with Gasteiger partial charge >= 0.3 is 0 Å². The van der Waals surface area contributed by atoms with Crippen LogP contribution in [-0.4, -0.2) is 4.98 Å². The lowest BCUT2D eigenvalue weighted by atomic mass is 10.2. The standard InChI is InChI=1S/C12H10BrNO/c13-11-3-1-2-10(8-11)9-15-12-4-6-14-7-5-12/h1-8H,9H2. The molecule has 0 spiro atoms. The molecule has 2 rings (SSSR count). The first-order valence-electron chi connectivity index (χ1n) is 4.62. The van der Waals surface area contributed by atoms with Gasteiger partial charge in [-0.3, -0.25) is 4.98 Å². The number of ether oxygens (including phenoxy) is 1. The molecule has 1 aromatic heterocycles. The number of benzene rings is 1. The second kappa shape index (κ2) is 4.94. The van der Waals surface area contributed by atoms with E-state index in [4.69, 9.17) is 4.74 Å². The highest BCUT2D eigenvalue weighted by atomic mass is 79.9. The van der Waals surface area contributed by atoms with Gasteiger partial charge in [-0.25, -0.2) is 0 Å². The van der Waals surface area contributed by atoms with E-state index in [9.17, 15) is 0 Å². The zero-order valence-corrected chi connectivity index (χ0v) is 9.65. The molecule has 2 aromatic rings. The van der Waals surface area contributed by atoms with Crippen molar-refractivity contribution in [3.05, 3.63) is 58.8 Å². The minimum Gasteiger partial charge on any atom is -0.489 e. The molecular formula is C12H10BrNO. The summed E-state index contributed by atoms with van der Waals surface area (Å²) in [6.07, 6.45) is 3.44. The molecule has 0 atom stereocenters. The average Bonchev–Trinajstić information content (AvgIpc) is 2.28. The molecule has 0 aliphatic carbocycles. The number of rotatable bonds is 3. The van der Waals surface area contributed by atoms with Gasteiger partial charge in [0.1, 0.15) is 12.4 Å². The second-order valence-electron chi connectivity index (χ2n) is 3.10. The maximum atomic E-state index is 5.59. The van der Waals surface area contributed by atoms with E-state index < -0.39 is 0 Å². The van der Waals surface area contributed by atoms with E-state index in [-0.39, 0.29) is 0 Å². The van der Waals surface area contributed by atoms with Crippen LogP contribution in [0.25, 0.3) is 0 Å². The number of hydrogen-bond donors (Lipinski definition) is 0. The minimum absolute atomic E-state index is 0.573. The summed E-state index contributed by atoms with van der Waals surface area (Å²) in [5.41, 5.74) is 1.14. The summed E-state index contributed by atoms with van der Waals surface area (Å²) in [5.74, 6) is 0.838. The van der Waals surface area contributed by atoms with E-state index in [1.807, 2.05) is 36.4 Å². The van der Waals surface area contributed by atoms with Crippen molar-refractivity contribution in [2.75, 3.05) is 0 Å². The third kappa shape index (κ3) is 3.06. The highest BCUT2D eigenvalue weighted by Gasteiger charge is 1.95. The number of aromatic nitrogens is 1. The van der Waals surface area contributed by atoms with E-state index in [0.29, 0.717) is 6.61 Å². The Kier molecular flexibility index (Phi) is 3.35. The predicted molar refractivity (Wildman–Crippen MR) is 62.7 cm³/mol. The predicted octanol–water partition coefficient (Wildman–Crippen LogP) is 3.42. The Balaban J connectivity index is 1.99. The van der Waals surface area contributed by atoms with Crippen LogP contribution in [0.5, 0.6) is 5.75 Å².